The Labute approximate surface area is 98.7 Å². The van der Waals surface area contributed by atoms with E-state index in [9.17, 15) is 9.50 Å². The first kappa shape index (κ1) is 11.6. The smallest absolute Gasteiger partial charge is 0.165 e. The number of halogens is 1. The number of rotatable bonds is 4. The molecule has 0 amide bonds. The number of phenolic OH excluding ortho intramolecular Hbond substituents is 1. The third-order valence-electron chi connectivity index (χ3n) is 2.47. The van der Waals surface area contributed by atoms with Crippen molar-refractivity contribution in [3.05, 3.63) is 47.5 Å². The standard InChI is InChI=1S/C12H14FN3O/c1-16-8-9(6-15-16)5-14-7-10-3-2-4-11(13)12(10)17/h2-4,6,8,14,17H,5,7H2,1H3. The molecule has 1 aromatic carbocycles. The van der Waals surface area contributed by atoms with E-state index in [1.807, 2.05) is 13.2 Å². The average molecular weight is 235 g/mol. The molecule has 0 fully saturated rings. The Balaban J connectivity index is 1.92. The Morgan fingerprint density at radius 3 is 2.94 bits per heavy atom. The molecule has 1 aromatic heterocycles. The number of nitrogens with one attached hydrogen (secondary N) is 1. The number of aromatic hydroxyl groups is 1. The van der Waals surface area contributed by atoms with Crippen LogP contribution in [0.25, 0.3) is 0 Å². The Hall–Kier alpha value is -1.88. The molecular formula is C12H14FN3O. The molecule has 2 rings (SSSR count). The van der Waals surface area contributed by atoms with Crippen LogP contribution in [0.2, 0.25) is 0 Å². The molecule has 1 heterocycles. The van der Waals surface area contributed by atoms with E-state index >= 15 is 0 Å². The number of benzene rings is 1. The predicted molar refractivity (Wildman–Crippen MR) is 61.8 cm³/mol. The number of phenols is 1. The summed E-state index contributed by atoms with van der Waals surface area (Å²) in [6.07, 6.45) is 3.66. The molecule has 5 heteroatoms. The highest BCUT2D eigenvalue weighted by molar-refractivity contribution is 5.33. The lowest BCUT2D eigenvalue weighted by atomic mass is 10.2. The van der Waals surface area contributed by atoms with Crippen molar-refractivity contribution in [2.75, 3.05) is 0 Å². The van der Waals surface area contributed by atoms with Crippen molar-refractivity contribution in [3.63, 3.8) is 0 Å². The van der Waals surface area contributed by atoms with Gasteiger partial charge in [0.1, 0.15) is 0 Å². The van der Waals surface area contributed by atoms with Crippen molar-refractivity contribution in [1.82, 2.24) is 15.1 Å². The molecule has 0 radical (unpaired) electrons. The van der Waals surface area contributed by atoms with Gasteiger partial charge < -0.3 is 10.4 Å². The molecular weight excluding hydrogens is 221 g/mol. The summed E-state index contributed by atoms with van der Waals surface area (Å²) in [6, 6.07) is 4.50. The number of nitrogens with zero attached hydrogens (tertiary/aromatic N) is 2. The number of aromatic nitrogens is 2. The SMILES string of the molecule is Cn1cc(CNCc2cccc(F)c2O)cn1. The highest BCUT2D eigenvalue weighted by Crippen LogP contribution is 2.20. The number of hydrogen-bond donors (Lipinski definition) is 2. The van der Waals surface area contributed by atoms with E-state index < -0.39 is 5.82 Å². The van der Waals surface area contributed by atoms with Gasteiger partial charge in [0.15, 0.2) is 11.6 Å². The van der Waals surface area contributed by atoms with Gasteiger partial charge in [-0.2, -0.15) is 5.10 Å². The summed E-state index contributed by atoms with van der Waals surface area (Å²) >= 11 is 0. The van der Waals surface area contributed by atoms with Crippen molar-refractivity contribution < 1.29 is 9.50 Å². The van der Waals surface area contributed by atoms with E-state index in [2.05, 4.69) is 10.4 Å². The zero-order valence-electron chi connectivity index (χ0n) is 9.52. The van der Waals surface area contributed by atoms with E-state index in [-0.39, 0.29) is 5.75 Å². The molecule has 0 aliphatic rings. The molecule has 0 unspecified atom stereocenters. The molecule has 17 heavy (non-hydrogen) atoms. The Kier molecular flexibility index (Phi) is 3.39. The monoisotopic (exact) mass is 235 g/mol. The van der Waals surface area contributed by atoms with Crippen LogP contribution in [0, 0.1) is 5.82 Å². The molecule has 4 nitrogen and oxygen atoms in total. The van der Waals surface area contributed by atoms with Crippen molar-refractivity contribution >= 4 is 0 Å². The second-order valence-corrected chi connectivity index (χ2v) is 3.87. The molecule has 0 spiro atoms. The largest absolute Gasteiger partial charge is 0.505 e. The topological polar surface area (TPSA) is 50.1 Å². The second kappa shape index (κ2) is 4.97. The van der Waals surface area contributed by atoms with E-state index in [0.717, 1.165) is 5.56 Å². The maximum atomic E-state index is 13.0. The van der Waals surface area contributed by atoms with E-state index in [1.54, 1.807) is 23.0 Å². The average Bonchev–Trinajstić information content (AvgIpc) is 2.70. The van der Waals surface area contributed by atoms with Crippen LogP contribution in [0.15, 0.2) is 30.6 Å². The van der Waals surface area contributed by atoms with Crippen molar-refractivity contribution in [2.45, 2.75) is 13.1 Å². The van der Waals surface area contributed by atoms with Crippen LogP contribution in [0.1, 0.15) is 11.1 Å². The fourth-order valence-electron chi connectivity index (χ4n) is 1.61. The first-order chi connectivity index (χ1) is 8.16. The predicted octanol–water partition coefficient (Wildman–Crippen LogP) is 1.55. The maximum absolute atomic E-state index is 13.0. The van der Waals surface area contributed by atoms with Gasteiger partial charge in [-0.05, 0) is 6.07 Å². The third kappa shape index (κ3) is 2.82. The molecule has 0 saturated carbocycles. The van der Waals surface area contributed by atoms with Crippen LogP contribution in [0.4, 0.5) is 4.39 Å². The third-order valence-corrected chi connectivity index (χ3v) is 2.47. The summed E-state index contributed by atoms with van der Waals surface area (Å²) < 4.78 is 14.8. The molecule has 0 saturated heterocycles. The van der Waals surface area contributed by atoms with Crippen LogP contribution in [0.3, 0.4) is 0 Å². The van der Waals surface area contributed by atoms with Gasteiger partial charge in [0.25, 0.3) is 0 Å². The van der Waals surface area contributed by atoms with E-state index in [0.29, 0.717) is 18.7 Å². The first-order valence-electron chi connectivity index (χ1n) is 5.31. The normalized spacial score (nSPS) is 10.7. The van der Waals surface area contributed by atoms with Gasteiger partial charge in [-0.1, -0.05) is 12.1 Å². The molecule has 0 aliphatic heterocycles. The van der Waals surface area contributed by atoms with Gasteiger partial charge in [0.2, 0.25) is 0 Å². The molecule has 0 aliphatic carbocycles. The van der Waals surface area contributed by atoms with Gasteiger partial charge >= 0.3 is 0 Å². The van der Waals surface area contributed by atoms with Crippen LogP contribution >= 0.6 is 0 Å². The Morgan fingerprint density at radius 1 is 1.41 bits per heavy atom. The molecule has 0 bridgehead atoms. The highest BCUT2D eigenvalue weighted by atomic mass is 19.1. The maximum Gasteiger partial charge on any atom is 0.165 e. The lowest BCUT2D eigenvalue weighted by Gasteiger charge is -2.06. The number of hydrogen-bond acceptors (Lipinski definition) is 3. The van der Waals surface area contributed by atoms with Gasteiger partial charge in [-0.25, -0.2) is 4.39 Å². The van der Waals surface area contributed by atoms with Crippen LogP contribution in [-0.4, -0.2) is 14.9 Å². The van der Waals surface area contributed by atoms with Gasteiger partial charge in [-0.3, -0.25) is 4.68 Å². The zero-order valence-corrected chi connectivity index (χ0v) is 9.52. The molecule has 90 valence electrons. The van der Waals surface area contributed by atoms with Crippen molar-refractivity contribution in [3.8, 4) is 5.75 Å². The minimum atomic E-state index is -0.592. The van der Waals surface area contributed by atoms with E-state index in [4.69, 9.17) is 0 Å². The lowest BCUT2D eigenvalue weighted by molar-refractivity contribution is 0.423. The van der Waals surface area contributed by atoms with Gasteiger partial charge in [-0.15, -0.1) is 0 Å². The van der Waals surface area contributed by atoms with Crippen LogP contribution in [-0.2, 0) is 20.1 Å². The minimum Gasteiger partial charge on any atom is -0.505 e. The zero-order chi connectivity index (χ0) is 12.3. The summed E-state index contributed by atoms with van der Waals surface area (Å²) in [4.78, 5) is 0. The fourth-order valence-corrected chi connectivity index (χ4v) is 1.61. The second-order valence-electron chi connectivity index (χ2n) is 3.87. The number of aryl methyl sites for hydroxylation is 1. The van der Waals surface area contributed by atoms with Crippen molar-refractivity contribution in [1.29, 1.82) is 0 Å². The van der Waals surface area contributed by atoms with Crippen LogP contribution < -0.4 is 5.32 Å². The molecule has 2 aromatic rings. The Bertz CT molecular complexity index is 510. The quantitative estimate of drug-likeness (QED) is 0.845. The fraction of sp³-hybridized carbons (Fsp3) is 0.250. The number of para-hydroxylation sites is 1. The summed E-state index contributed by atoms with van der Waals surface area (Å²) in [5.74, 6) is -0.878. The summed E-state index contributed by atoms with van der Waals surface area (Å²) in [5.41, 5.74) is 1.59. The van der Waals surface area contributed by atoms with E-state index in [1.165, 1.54) is 6.07 Å². The summed E-state index contributed by atoms with van der Waals surface area (Å²) in [6.45, 7) is 1.04. The minimum absolute atomic E-state index is 0.286. The first-order valence-corrected chi connectivity index (χ1v) is 5.31. The Morgan fingerprint density at radius 2 is 2.24 bits per heavy atom. The van der Waals surface area contributed by atoms with Gasteiger partial charge in [0, 0.05) is 37.5 Å². The highest BCUT2D eigenvalue weighted by Gasteiger charge is 2.05. The summed E-state index contributed by atoms with van der Waals surface area (Å²) in [5, 5.41) is 16.6. The van der Waals surface area contributed by atoms with Crippen molar-refractivity contribution in [2.24, 2.45) is 7.05 Å². The van der Waals surface area contributed by atoms with Crippen LogP contribution in [0.5, 0.6) is 5.75 Å². The lowest BCUT2D eigenvalue weighted by Crippen LogP contribution is -2.12. The van der Waals surface area contributed by atoms with Gasteiger partial charge in [0.05, 0.1) is 6.20 Å². The summed E-state index contributed by atoms with van der Waals surface area (Å²) in [7, 11) is 1.85. The molecule has 0 atom stereocenters. The molecule has 2 N–H and O–H groups in total.